The molecule has 1 heterocycles. The number of hydrogen-bond acceptors (Lipinski definition) is 4. The molecular formula is C9H19N5. The van der Waals surface area contributed by atoms with Crippen molar-refractivity contribution in [3.05, 3.63) is 5.82 Å². The highest BCUT2D eigenvalue weighted by Gasteiger charge is 2.10. The summed E-state index contributed by atoms with van der Waals surface area (Å²) < 4.78 is 1.91. The third-order valence-electron chi connectivity index (χ3n) is 2.22. The molecular weight excluding hydrogens is 178 g/mol. The second kappa shape index (κ2) is 5.70. The highest BCUT2D eigenvalue weighted by Crippen LogP contribution is 2.11. The molecule has 0 fully saturated rings. The number of nitrogens with zero attached hydrogens (tertiary/aromatic N) is 4. The summed E-state index contributed by atoms with van der Waals surface area (Å²) >= 11 is 0. The minimum absolute atomic E-state index is 0.392. The fraction of sp³-hybridized carbons (Fsp3) is 0.889. The quantitative estimate of drug-likeness (QED) is 0.743. The maximum atomic E-state index is 4.00. The van der Waals surface area contributed by atoms with Gasteiger partial charge in [0.15, 0.2) is 5.82 Å². The first-order chi connectivity index (χ1) is 6.79. The van der Waals surface area contributed by atoms with E-state index in [9.17, 15) is 0 Å². The summed E-state index contributed by atoms with van der Waals surface area (Å²) in [5, 5.41) is 14.9. The molecule has 0 radical (unpaired) electrons. The average Bonchev–Trinajstić information content (AvgIpc) is 2.63. The van der Waals surface area contributed by atoms with Crippen LogP contribution < -0.4 is 5.32 Å². The van der Waals surface area contributed by atoms with E-state index in [1.807, 2.05) is 4.68 Å². The van der Waals surface area contributed by atoms with E-state index in [1.54, 1.807) is 0 Å². The van der Waals surface area contributed by atoms with E-state index >= 15 is 0 Å². The van der Waals surface area contributed by atoms with Gasteiger partial charge in [-0.3, -0.25) is 0 Å². The summed E-state index contributed by atoms with van der Waals surface area (Å²) in [6.45, 7) is 8.08. The molecule has 14 heavy (non-hydrogen) atoms. The number of hydrogen-bond donors (Lipinski definition) is 1. The predicted molar refractivity (Wildman–Crippen MR) is 54.8 cm³/mol. The van der Waals surface area contributed by atoms with E-state index < -0.39 is 0 Å². The molecule has 80 valence electrons. The highest BCUT2D eigenvalue weighted by atomic mass is 15.6. The fourth-order valence-corrected chi connectivity index (χ4v) is 1.45. The second-order valence-corrected chi connectivity index (χ2v) is 3.46. The summed E-state index contributed by atoms with van der Waals surface area (Å²) in [7, 11) is 0. The van der Waals surface area contributed by atoms with Crippen molar-refractivity contribution >= 4 is 0 Å². The van der Waals surface area contributed by atoms with E-state index in [1.165, 1.54) is 0 Å². The molecule has 1 aromatic heterocycles. The molecule has 0 aliphatic rings. The SMILES string of the molecule is CCCC(C)n1nnnc1CNCC. The zero-order valence-corrected chi connectivity index (χ0v) is 9.19. The molecule has 0 aliphatic heterocycles. The van der Waals surface area contributed by atoms with Crippen molar-refractivity contribution in [1.29, 1.82) is 0 Å². The van der Waals surface area contributed by atoms with Crippen LogP contribution in [0.1, 0.15) is 45.5 Å². The van der Waals surface area contributed by atoms with Crippen LogP contribution in [0.15, 0.2) is 0 Å². The third kappa shape index (κ3) is 2.77. The molecule has 5 nitrogen and oxygen atoms in total. The van der Waals surface area contributed by atoms with Gasteiger partial charge in [-0.25, -0.2) is 4.68 Å². The highest BCUT2D eigenvalue weighted by molar-refractivity contribution is 4.82. The van der Waals surface area contributed by atoms with Crippen LogP contribution in [0.4, 0.5) is 0 Å². The topological polar surface area (TPSA) is 55.6 Å². The van der Waals surface area contributed by atoms with Gasteiger partial charge >= 0.3 is 0 Å². The number of tetrazole rings is 1. The van der Waals surface area contributed by atoms with Crippen molar-refractivity contribution in [1.82, 2.24) is 25.5 Å². The zero-order chi connectivity index (χ0) is 10.4. The van der Waals surface area contributed by atoms with Crippen molar-refractivity contribution in [3.63, 3.8) is 0 Å². The summed E-state index contributed by atoms with van der Waals surface area (Å²) in [4.78, 5) is 0. The van der Waals surface area contributed by atoms with Gasteiger partial charge in [-0.1, -0.05) is 20.3 Å². The molecule has 0 bridgehead atoms. The van der Waals surface area contributed by atoms with Crippen LogP contribution >= 0.6 is 0 Å². The van der Waals surface area contributed by atoms with Gasteiger partial charge in [0.05, 0.1) is 12.6 Å². The molecule has 1 rings (SSSR count). The molecule has 1 atom stereocenters. The van der Waals surface area contributed by atoms with Crippen LogP contribution in [0.5, 0.6) is 0 Å². The molecule has 1 aromatic rings. The monoisotopic (exact) mass is 197 g/mol. The van der Waals surface area contributed by atoms with Gasteiger partial charge in [0.1, 0.15) is 0 Å². The van der Waals surface area contributed by atoms with Crippen LogP contribution in [-0.2, 0) is 6.54 Å². The Bertz CT molecular complexity index is 257. The van der Waals surface area contributed by atoms with Crippen LogP contribution in [-0.4, -0.2) is 26.8 Å². The molecule has 0 aromatic carbocycles. The van der Waals surface area contributed by atoms with E-state index in [4.69, 9.17) is 0 Å². The van der Waals surface area contributed by atoms with Crippen LogP contribution in [0.25, 0.3) is 0 Å². The van der Waals surface area contributed by atoms with Crippen LogP contribution in [0.2, 0.25) is 0 Å². The van der Waals surface area contributed by atoms with Crippen LogP contribution in [0, 0.1) is 0 Å². The average molecular weight is 197 g/mol. The van der Waals surface area contributed by atoms with Gasteiger partial charge in [0, 0.05) is 0 Å². The third-order valence-corrected chi connectivity index (χ3v) is 2.22. The Morgan fingerprint density at radius 3 is 2.86 bits per heavy atom. The smallest absolute Gasteiger partial charge is 0.165 e. The van der Waals surface area contributed by atoms with Crippen molar-refractivity contribution in [2.45, 2.75) is 46.2 Å². The largest absolute Gasteiger partial charge is 0.310 e. The number of rotatable bonds is 6. The van der Waals surface area contributed by atoms with Crippen molar-refractivity contribution in [2.75, 3.05) is 6.54 Å². The number of nitrogens with one attached hydrogen (secondary N) is 1. The molecule has 0 aliphatic carbocycles. The summed E-state index contributed by atoms with van der Waals surface area (Å²) in [6.07, 6.45) is 2.27. The van der Waals surface area contributed by atoms with Gasteiger partial charge in [0.2, 0.25) is 0 Å². The molecule has 1 N–H and O–H groups in total. The Morgan fingerprint density at radius 1 is 1.43 bits per heavy atom. The minimum atomic E-state index is 0.392. The Balaban J connectivity index is 2.61. The predicted octanol–water partition coefficient (Wildman–Crippen LogP) is 1.14. The Morgan fingerprint density at radius 2 is 2.21 bits per heavy atom. The van der Waals surface area contributed by atoms with E-state index in [2.05, 4.69) is 41.6 Å². The van der Waals surface area contributed by atoms with Gasteiger partial charge < -0.3 is 5.32 Å². The molecule has 0 saturated carbocycles. The van der Waals surface area contributed by atoms with E-state index in [0.717, 1.165) is 31.8 Å². The van der Waals surface area contributed by atoms with E-state index in [-0.39, 0.29) is 0 Å². The lowest BCUT2D eigenvalue weighted by molar-refractivity contribution is 0.423. The van der Waals surface area contributed by atoms with Gasteiger partial charge in [-0.05, 0) is 30.3 Å². The molecule has 5 heteroatoms. The first-order valence-electron chi connectivity index (χ1n) is 5.27. The van der Waals surface area contributed by atoms with Gasteiger partial charge in [-0.2, -0.15) is 0 Å². The first-order valence-corrected chi connectivity index (χ1v) is 5.27. The normalized spacial score (nSPS) is 13.1. The summed E-state index contributed by atoms with van der Waals surface area (Å²) in [6, 6.07) is 0.392. The molecule has 0 amide bonds. The Hall–Kier alpha value is -0.970. The van der Waals surface area contributed by atoms with Crippen molar-refractivity contribution < 1.29 is 0 Å². The van der Waals surface area contributed by atoms with E-state index in [0.29, 0.717) is 6.04 Å². The lowest BCUT2D eigenvalue weighted by Gasteiger charge is -2.11. The lowest BCUT2D eigenvalue weighted by Crippen LogP contribution is -2.18. The van der Waals surface area contributed by atoms with Crippen molar-refractivity contribution in [3.8, 4) is 0 Å². The zero-order valence-electron chi connectivity index (χ0n) is 9.19. The molecule has 0 saturated heterocycles. The van der Waals surface area contributed by atoms with Gasteiger partial charge in [0.25, 0.3) is 0 Å². The minimum Gasteiger partial charge on any atom is -0.310 e. The fourth-order valence-electron chi connectivity index (χ4n) is 1.45. The first kappa shape index (κ1) is 11.1. The Labute approximate surface area is 84.9 Å². The van der Waals surface area contributed by atoms with Gasteiger partial charge in [-0.15, -0.1) is 5.10 Å². The maximum Gasteiger partial charge on any atom is 0.165 e. The molecule has 0 spiro atoms. The molecule has 1 unspecified atom stereocenters. The Kier molecular flexibility index (Phi) is 4.52. The number of aromatic nitrogens is 4. The lowest BCUT2D eigenvalue weighted by atomic mass is 10.2. The second-order valence-electron chi connectivity index (χ2n) is 3.46. The summed E-state index contributed by atoms with van der Waals surface area (Å²) in [5.74, 6) is 0.924. The van der Waals surface area contributed by atoms with Crippen molar-refractivity contribution in [2.24, 2.45) is 0 Å². The standard InChI is InChI=1S/C9H19N5/c1-4-6-8(3)14-9(7-10-5-2)11-12-13-14/h8,10H,4-7H2,1-3H3. The summed E-state index contributed by atoms with van der Waals surface area (Å²) in [5.41, 5.74) is 0. The maximum absolute atomic E-state index is 4.00. The van der Waals surface area contributed by atoms with Crippen LogP contribution in [0.3, 0.4) is 0 Å².